The number of carbonyl (C=O) groups is 2. The Morgan fingerprint density at radius 2 is 1.83 bits per heavy atom. The van der Waals surface area contributed by atoms with E-state index in [1.807, 2.05) is 19.1 Å². The van der Waals surface area contributed by atoms with Crippen LogP contribution in [-0.4, -0.2) is 25.0 Å². The number of hydrogen-bond donors (Lipinski definition) is 2. The summed E-state index contributed by atoms with van der Waals surface area (Å²) in [6.45, 7) is 3.50. The highest BCUT2D eigenvalue weighted by Crippen LogP contribution is 2.11. The number of hydrogen-bond acceptors (Lipinski definition) is 4. The Kier molecular flexibility index (Phi) is 4.85. The molecule has 1 amide bonds. The number of nitrogens with one attached hydrogen (secondary N) is 1. The quantitative estimate of drug-likeness (QED) is 0.770. The Labute approximate surface area is 106 Å². The second-order valence-electron chi connectivity index (χ2n) is 4.14. The van der Waals surface area contributed by atoms with Gasteiger partial charge in [-0.1, -0.05) is 29.8 Å². The Bertz CT molecular complexity index is 428. The zero-order chi connectivity index (χ0) is 13.7. The molecule has 1 rings (SSSR count). The van der Waals surface area contributed by atoms with Gasteiger partial charge in [0.25, 0.3) is 0 Å². The number of nitrogens with two attached hydrogens (primary N) is 1. The fourth-order valence-corrected chi connectivity index (χ4v) is 1.46. The summed E-state index contributed by atoms with van der Waals surface area (Å²) in [5.41, 5.74) is 7.61. The van der Waals surface area contributed by atoms with Crippen LogP contribution < -0.4 is 11.1 Å². The maximum absolute atomic E-state index is 11.8. The van der Waals surface area contributed by atoms with Gasteiger partial charge in [-0.05, 0) is 19.4 Å². The fraction of sp³-hybridized carbons (Fsp3) is 0.385. The van der Waals surface area contributed by atoms with Gasteiger partial charge in [-0.2, -0.15) is 0 Å². The summed E-state index contributed by atoms with van der Waals surface area (Å²) in [4.78, 5) is 23.0. The van der Waals surface area contributed by atoms with Crippen molar-refractivity contribution < 1.29 is 14.3 Å². The molecule has 2 atom stereocenters. The minimum absolute atomic E-state index is 0.406. The Morgan fingerprint density at radius 3 is 2.33 bits per heavy atom. The van der Waals surface area contributed by atoms with E-state index in [4.69, 9.17) is 5.73 Å². The number of methoxy groups -OCH3 is 1. The summed E-state index contributed by atoms with van der Waals surface area (Å²) in [5, 5.41) is 2.50. The molecule has 0 fully saturated rings. The first kappa shape index (κ1) is 14.2. The topological polar surface area (TPSA) is 81.4 Å². The lowest BCUT2D eigenvalue weighted by Crippen LogP contribution is -2.43. The van der Waals surface area contributed by atoms with Crippen LogP contribution in [-0.2, 0) is 14.3 Å². The minimum atomic E-state index is -0.794. The number of rotatable bonds is 4. The molecule has 1 aromatic rings. The van der Waals surface area contributed by atoms with Crippen LogP contribution in [0.4, 0.5) is 0 Å². The second-order valence-corrected chi connectivity index (χ2v) is 4.14. The maximum atomic E-state index is 11.8. The highest BCUT2D eigenvalue weighted by molar-refractivity contribution is 5.87. The van der Waals surface area contributed by atoms with Crippen LogP contribution >= 0.6 is 0 Å². The number of aryl methyl sites for hydroxylation is 1. The zero-order valence-corrected chi connectivity index (χ0v) is 10.8. The van der Waals surface area contributed by atoms with Gasteiger partial charge < -0.3 is 15.8 Å². The van der Waals surface area contributed by atoms with E-state index in [1.165, 1.54) is 7.11 Å². The van der Waals surface area contributed by atoms with Crippen LogP contribution in [0.2, 0.25) is 0 Å². The van der Waals surface area contributed by atoms with E-state index in [-0.39, 0.29) is 0 Å². The molecule has 0 saturated heterocycles. The normalized spacial score (nSPS) is 13.6. The number of ether oxygens (including phenoxy) is 1. The molecule has 2 unspecified atom stereocenters. The third-order valence-electron chi connectivity index (χ3n) is 2.63. The predicted molar refractivity (Wildman–Crippen MR) is 67.7 cm³/mol. The molecule has 1 aromatic carbocycles. The van der Waals surface area contributed by atoms with Gasteiger partial charge in [0.05, 0.1) is 7.11 Å². The average molecular weight is 250 g/mol. The van der Waals surface area contributed by atoms with Gasteiger partial charge in [0.2, 0.25) is 5.91 Å². The molecule has 0 aromatic heterocycles. The highest BCUT2D eigenvalue weighted by Gasteiger charge is 2.21. The Hall–Kier alpha value is -1.88. The van der Waals surface area contributed by atoms with Crippen molar-refractivity contribution in [1.82, 2.24) is 5.32 Å². The van der Waals surface area contributed by atoms with Crippen molar-refractivity contribution in [2.75, 3.05) is 7.11 Å². The second kappa shape index (κ2) is 6.16. The van der Waals surface area contributed by atoms with Crippen LogP contribution in [0.3, 0.4) is 0 Å². The molecular weight excluding hydrogens is 232 g/mol. The van der Waals surface area contributed by atoms with E-state index in [9.17, 15) is 9.59 Å². The summed E-state index contributed by atoms with van der Waals surface area (Å²) in [6, 6.07) is 5.85. The van der Waals surface area contributed by atoms with Crippen molar-refractivity contribution >= 4 is 11.9 Å². The van der Waals surface area contributed by atoms with Gasteiger partial charge in [0.1, 0.15) is 12.1 Å². The monoisotopic (exact) mass is 250 g/mol. The van der Waals surface area contributed by atoms with Crippen LogP contribution in [0, 0.1) is 6.92 Å². The Morgan fingerprint density at radius 1 is 1.28 bits per heavy atom. The van der Waals surface area contributed by atoms with Crippen molar-refractivity contribution in [2.45, 2.75) is 25.9 Å². The van der Waals surface area contributed by atoms with Crippen molar-refractivity contribution in [1.29, 1.82) is 0 Å². The molecule has 0 aliphatic carbocycles. The van der Waals surface area contributed by atoms with E-state index in [0.717, 1.165) is 5.56 Å². The molecule has 0 aliphatic heterocycles. The largest absolute Gasteiger partial charge is 0.467 e. The molecule has 5 heteroatoms. The summed E-state index contributed by atoms with van der Waals surface area (Å²) < 4.78 is 4.52. The van der Waals surface area contributed by atoms with E-state index in [2.05, 4.69) is 10.1 Å². The smallest absolute Gasteiger partial charge is 0.328 e. The molecule has 18 heavy (non-hydrogen) atoms. The van der Waals surface area contributed by atoms with E-state index in [1.54, 1.807) is 19.1 Å². The van der Waals surface area contributed by atoms with E-state index in [0.29, 0.717) is 5.56 Å². The molecule has 0 heterocycles. The SMILES string of the molecule is COC(=O)C(C)NC(=O)C(N)c1ccc(C)cc1. The molecule has 98 valence electrons. The first-order valence-corrected chi connectivity index (χ1v) is 5.66. The van der Waals surface area contributed by atoms with Gasteiger partial charge in [-0.3, -0.25) is 4.79 Å². The molecule has 0 aliphatic rings. The van der Waals surface area contributed by atoms with Gasteiger partial charge in [0.15, 0.2) is 0 Å². The molecule has 0 spiro atoms. The summed E-state index contributed by atoms with van der Waals surface area (Å²) in [7, 11) is 1.27. The van der Waals surface area contributed by atoms with Crippen molar-refractivity contribution in [3.8, 4) is 0 Å². The fourth-order valence-electron chi connectivity index (χ4n) is 1.46. The highest BCUT2D eigenvalue weighted by atomic mass is 16.5. The minimum Gasteiger partial charge on any atom is -0.467 e. The average Bonchev–Trinajstić information content (AvgIpc) is 2.37. The van der Waals surface area contributed by atoms with Crippen LogP contribution in [0.5, 0.6) is 0 Å². The van der Waals surface area contributed by atoms with E-state index >= 15 is 0 Å². The number of amides is 1. The van der Waals surface area contributed by atoms with Crippen LogP contribution in [0.25, 0.3) is 0 Å². The lowest BCUT2D eigenvalue weighted by molar-refractivity contribution is -0.144. The lowest BCUT2D eigenvalue weighted by atomic mass is 10.1. The standard InChI is InChI=1S/C13H18N2O3/c1-8-4-6-10(7-5-8)11(14)12(16)15-9(2)13(17)18-3/h4-7,9,11H,14H2,1-3H3,(H,15,16). The lowest BCUT2D eigenvalue weighted by Gasteiger charge is -2.16. The molecule has 0 saturated carbocycles. The molecule has 3 N–H and O–H groups in total. The van der Waals surface area contributed by atoms with Gasteiger partial charge in [0, 0.05) is 0 Å². The molecule has 5 nitrogen and oxygen atoms in total. The third-order valence-corrected chi connectivity index (χ3v) is 2.63. The van der Waals surface area contributed by atoms with E-state index < -0.39 is 24.0 Å². The van der Waals surface area contributed by atoms with Gasteiger partial charge >= 0.3 is 5.97 Å². The van der Waals surface area contributed by atoms with Crippen molar-refractivity contribution in [3.63, 3.8) is 0 Å². The number of benzene rings is 1. The summed E-state index contributed by atoms with van der Waals surface area (Å²) >= 11 is 0. The van der Waals surface area contributed by atoms with Gasteiger partial charge in [-0.15, -0.1) is 0 Å². The number of esters is 1. The first-order valence-electron chi connectivity index (χ1n) is 5.66. The predicted octanol–water partition coefficient (Wildman–Crippen LogP) is 0.673. The Balaban J connectivity index is 2.67. The first-order chi connectivity index (χ1) is 8.45. The maximum Gasteiger partial charge on any atom is 0.328 e. The van der Waals surface area contributed by atoms with Crippen molar-refractivity contribution in [2.24, 2.45) is 5.73 Å². The molecular formula is C13H18N2O3. The summed E-state index contributed by atoms with van der Waals surface area (Å²) in [5.74, 6) is -0.906. The van der Waals surface area contributed by atoms with Crippen LogP contribution in [0.1, 0.15) is 24.1 Å². The third kappa shape index (κ3) is 3.56. The summed E-state index contributed by atoms with van der Waals surface area (Å²) in [6.07, 6.45) is 0. The number of carbonyl (C=O) groups excluding carboxylic acids is 2. The molecule has 0 bridgehead atoms. The van der Waals surface area contributed by atoms with Crippen molar-refractivity contribution in [3.05, 3.63) is 35.4 Å². The zero-order valence-electron chi connectivity index (χ0n) is 10.8. The van der Waals surface area contributed by atoms with Gasteiger partial charge in [-0.25, -0.2) is 4.79 Å². The van der Waals surface area contributed by atoms with Crippen LogP contribution in [0.15, 0.2) is 24.3 Å². The molecule has 0 radical (unpaired) electrons.